The maximum atomic E-state index is 11.9. The Kier molecular flexibility index (Phi) is 4.34. The van der Waals surface area contributed by atoms with Gasteiger partial charge in [-0.15, -0.1) is 0 Å². The van der Waals surface area contributed by atoms with E-state index >= 15 is 0 Å². The summed E-state index contributed by atoms with van der Waals surface area (Å²) in [6.45, 7) is 2.84. The average Bonchev–Trinajstić information content (AvgIpc) is 2.38. The van der Waals surface area contributed by atoms with E-state index in [0.717, 1.165) is 4.90 Å². The molecule has 4 N–H and O–H groups in total. The van der Waals surface area contributed by atoms with Crippen LogP contribution in [-0.2, 0) is 4.79 Å². The Balaban J connectivity index is 2.80. The molecule has 0 bridgehead atoms. The van der Waals surface area contributed by atoms with Crippen LogP contribution in [0.2, 0.25) is 0 Å². The van der Waals surface area contributed by atoms with Gasteiger partial charge in [-0.1, -0.05) is 0 Å². The molecule has 7 nitrogen and oxygen atoms in total. The molecule has 0 saturated heterocycles. The van der Waals surface area contributed by atoms with Crippen LogP contribution in [0.4, 0.5) is 10.5 Å². The number of nitrogens with zero attached hydrogens (tertiary/aromatic N) is 1. The van der Waals surface area contributed by atoms with Gasteiger partial charge < -0.3 is 21.1 Å². The number of hydrogen-bond acceptors (Lipinski definition) is 3. The third-order valence-corrected chi connectivity index (χ3v) is 3.09. The fourth-order valence-electron chi connectivity index (χ4n) is 1.32. The van der Waals surface area contributed by atoms with Crippen molar-refractivity contribution in [3.05, 3.63) is 29.8 Å². The van der Waals surface area contributed by atoms with Crippen molar-refractivity contribution in [1.29, 1.82) is 0 Å². The Bertz CT molecular complexity index is 537. The van der Waals surface area contributed by atoms with E-state index in [0.29, 0.717) is 11.3 Å². The highest BCUT2D eigenvalue weighted by atomic mass is 16.4. The summed E-state index contributed by atoms with van der Waals surface area (Å²) < 4.78 is 0. The summed E-state index contributed by atoms with van der Waals surface area (Å²) in [4.78, 5) is 35.0. The number of carbonyl (C=O) groups is 3. The molecule has 20 heavy (non-hydrogen) atoms. The molecule has 0 aliphatic carbocycles. The van der Waals surface area contributed by atoms with Crippen molar-refractivity contribution in [2.24, 2.45) is 5.73 Å². The lowest BCUT2D eigenvalue weighted by atomic mass is 10.1. The van der Waals surface area contributed by atoms with Crippen molar-refractivity contribution >= 4 is 23.6 Å². The van der Waals surface area contributed by atoms with Crippen LogP contribution in [0.5, 0.6) is 0 Å². The highest BCUT2D eigenvalue weighted by Gasteiger charge is 2.35. The first-order valence-electron chi connectivity index (χ1n) is 5.84. The molecule has 108 valence electrons. The van der Waals surface area contributed by atoms with Gasteiger partial charge in [0.05, 0.1) is 0 Å². The summed E-state index contributed by atoms with van der Waals surface area (Å²) >= 11 is 0. The van der Waals surface area contributed by atoms with Gasteiger partial charge in [-0.2, -0.15) is 0 Å². The quantitative estimate of drug-likeness (QED) is 0.766. The Morgan fingerprint density at radius 3 is 2.10 bits per heavy atom. The second kappa shape index (κ2) is 5.60. The zero-order valence-corrected chi connectivity index (χ0v) is 11.5. The number of rotatable bonds is 4. The number of likely N-dealkylation sites (N-methyl/N-ethyl adjacent to an activating group) is 1. The number of nitrogens with one attached hydrogen (secondary N) is 1. The minimum absolute atomic E-state index is 0.321. The number of urea groups is 1. The van der Waals surface area contributed by atoms with Crippen LogP contribution in [0.3, 0.4) is 0 Å². The van der Waals surface area contributed by atoms with Crippen molar-refractivity contribution in [1.82, 2.24) is 4.90 Å². The predicted octanol–water partition coefficient (Wildman–Crippen LogP) is 1.11. The zero-order chi connectivity index (χ0) is 15.5. The molecule has 1 rings (SSSR count). The monoisotopic (exact) mass is 279 g/mol. The Morgan fingerprint density at radius 2 is 1.70 bits per heavy atom. The van der Waals surface area contributed by atoms with E-state index in [1.54, 1.807) is 0 Å². The SMILES string of the molecule is CN(C(=O)Nc1ccc(C(N)=O)cc1)C(C)(C)C(=O)O. The van der Waals surface area contributed by atoms with Crippen LogP contribution >= 0.6 is 0 Å². The lowest BCUT2D eigenvalue weighted by Crippen LogP contribution is -2.52. The average molecular weight is 279 g/mol. The maximum Gasteiger partial charge on any atom is 0.329 e. The number of carboxylic acids is 1. The number of aliphatic carboxylic acids is 1. The van der Waals surface area contributed by atoms with Crippen molar-refractivity contribution in [2.75, 3.05) is 12.4 Å². The topological polar surface area (TPSA) is 113 Å². The standard InChI is InChI=1S/C13H17N3O4/c1-13(2,11(18)19)16(3)12(20)15-9-6-4-8(5-7-9)10(14)17/h4-7H,1-3H3,(H2,14,17)(H,15,20)(H,18,19). The van der Waals surface area contributed by atoms with E-state index in [9.17, 15) is 14.4 Å². The fraction of sp³-hybridized carbons (Fsp3) is 0.308. The van der Waals surface area contributed by atoms with E-state index in [1.807, 2.05) is 0 Å². The molecule has 0 spiro atoms. The molecule has 0 aliphatic heterocycles. The third kappa shape index (κ3) is 3.25. The van der Waals surface area contributed by atoms with Gasteiger partial charge in [0, 0.05) is 18.3 Å². The molecule has 0 aliphatic rings. The molecule has 0 saturated carbocycles. The summed E-state index contributed by atoms with van der Waals surface area (Å²) in [7, 11) is 1.39. The van der Waals surface area contributed by atoms with Gasteiger partial charge in [-0.3, -0.25) is 4.79 Å². The first-order valence-corrected chi connectivity index (χ1v) is 5.84. The largest absolute Gasteiger partial charge is 0.480 e. The molecule has 7 heteroatoms. The second-order valence-corrected chi connectivity index (χ2v) is 4.79. The van der Waals surface area contributed by atoms with Crippen molar-refractivity contribution < 1.29 is 19.5 Å². The number of anilines is 1. The van der Waals surface area contributed by atoms with Crippen molar-refractivity contribution in [2.45, 2.75) is 19.4 Å². The van der Waals surface area contributed by atoms with Gasteiger partial charge >= 0.3 is 12.0 Å². The van der Waals surface area contributed by atoms with Crippen molar-refractivity contribution in [3.63, 3.8) is 0 Å². The van der Waals surface area contributed by atoms with Crippen LogP contribution in [0.15, 0.2) is 24.3 Å². The van der Waals surface area contributed by atoms with E-state index < -0.39 is 23.4 Å². The summed E-state index contributed by atoms with van der Waals surface area (Å²) in [5, 5.41) is 11.6. The van der Waals surface area contributed by atoms with Gasteiger partial charge in [0.2, 0.25) is 5.91 Å². The van der Waals surface area contributed by atoms with Crippen LogP contribution < -0.4 is 11.1 Å². The van der Waals surface area contributed by atoms with Crippen LogP contribution in [-0.4, -0.2) is 40.5 Å². The molecule has 1 aromatic carbocycles. The maximum absolute atomic E-state index is 11.9. The highest BCUT2D eigenvalue weighted by molar-refractivity contribution is 5.95. The molecule has 1 aromatic rings. The Morgan fingerprint density at radius 1 is 1.20 bits per heavy atom. The summed E-state index contributed by atoms with van der Waals surface area (Å²) in [5.74, 6) is -1.67. The Hall–Kier alpha value is -2.57. The molecule has 0 atom stereocenters. The number of amides is 3. The van der Waals surface area contributed by atoms with Gasteiger partial charge in [0.15, 0.2) is 0 Å². The smallest absolute Gasteiger partial charge is 0.329 e. The normalized spacial score (nSPS) is 10.8. The van der Waals surface area contributed by atoms with Gasteiger partial charge in [-0.05, 0) is 38.1 Å². The zero-order valence-electron chi connectivity index (χ0n) is 11.5. The molecule has 0 fully saturated rings. The summed E-state index contributed by atoms with van der Waals surface area (Å²) in [6, 6.07) is 5.41. The first-order chi connectivity index (χ1) is 9.16. The van der Waals surface area contributed by atoms with Crippen LogP contribution in [0.1, 0.15) is 24.2 Å². The molecule has 0 unspecified atom stereocenters. The minimum Gasteiger partial charge on any atom is -0.480 e. The number of carboxylic acid groups (broad SMARTS) is 1. The Labute approximate surface area is 116 Å². The molecule has 0 aromatic heterocycles. The van der Waals surface area contributed by atoms with E-state index in [2.05, 4.69) is 5.32 Å². The van der Waals surface area contributed by atoms with E-state index in [1.165, 1.54) is 45.2 Å². The van der Waals surface area contributed by atoms with Crippen LogP contribution in [0, 0.1) is 0 Å². The lowest BCUT2D eigenvalue weighted by molar-refractivity contribution is -0.146. The minimum atomic E-state index is -1.34. The van der Waals surface area contributed by atoms with Crippen molar-refractivity contribution in [3.8, 4) is 0 Å². The van der Waals surface area contributed by atoms with Crippen LogP contribution in [0.25, 0.3) is 0 Å². The van der Waals surface area contributed by atoms with Gasteiger partial charge in [-0.25, -0.2) is 9.59 Å². The number of hydrogen-bond donors (Lipinski definition) is 3. The van der Waals surface area contributed by atoms with E-state index in [-0.39, 0.29) is 0 Å². The second-order valence-electron chi connectivity index (χ2n) is 4.79. The summed E-state index contributed by atoms with van der Waals surface area (Å²) in [5.41, 5.74) is 4.53. The van der Waals surface area contributed by atoms with E-state index in [4.69, 9.17) is 10.8 Å². The third-order valence-electron chi connectivity index (χ3n) is 3.09. The van der Waals surface area contributed by atoms with Gasteiger partial charge in [0.25, 0.3) is 0 Å². The molecular weight excluding hydrogens is 262 g/mol. The van der Waals surface area contributed by atoms with Gasteiger partial charge in [0.1, 0.15) is 5.54 Å². The summed E-state index contributed by atoms with van der Waals surface area (Å²) in [6.07, 6.45) is 0. The molecule has 0 heterocycles. The molecule has 0 radical (unpaired) electrons. The predicted molar refractivity (Wildman–Crippen MR) is 73.5 cm³/mol. The lowest BCUT2D eigenvalue weighted by Gasteiger charge is -2.31. The molecule has 3 amide bonds. The molecular formula is C13H17N3O4. The highest BCUT2D eigenvalue weighted by Crippen LogP contribution is 2.15. The number of primary amides is 1. The number of nitrogens with two attached hydrogens (primary N) is 1. The fourth-order valence-corrected chi connectivity index (χ4v) is 1.32. The number of benzene rings is 1. The first kappa shape index (κ1) is 15.5. The number of carbonyl (C=O) groups excluding carboxylic acids is 2.